The Labute approximate surface area is 345 Å². The lowest BCUT2D eigenvalue weighted by Crippen LogP contribution is -2.37. The number of anilines is 2. The van der Waals surface area contributed by atoms with E-state index in [4.69, 9.17) is 25.8 Å². The number of nitrogens with two attached hydrogens (primary N) is 2. The van der Waals surface area contributed by atoms with Crippen molar-refractivity contribution in [1.29, 1.82) is 0 Å². The molecule has 8 N–H and O–H groups in total. The molecule has 314 valence electrons. The summed E-state index contributed by atoms with van der Waals surface area (Å²) in [5, 5.41) is 33.8. The Morgan fingerprint density at radius 2 is 1.27 bits per heavy atom. The van der Waals surface area contributed by atoms with Gasteiger partial charge in [0.15, 0.2) is 47.7 Å². The monoisotopic (exact) mass is 904 g/mol. The maximum atomic E-state index is 13.0. The predicted molar refractivity (Wildman–Crippen MR) is 208 cm³/mol. The van der Waals surface area contributed by atoms with Gasteiger partial charge in [0, 0.05) is 17.0 Å². The van der Waals surface area contributed by atoms with E-state index in [0.29, 0.717) is 12.0 Å². The van der Waals surface area contributed by atoms with Gasteiger partial charge in [0.05, 0.1) is 34.0 Å². The maximum absolute atomic E-state index is 13.0. The number of nitrogen functional groups attached to an aromatic ring is 2. The second-order valence-electron chi connectivity index (χ2n) is 12.1. The van der Waals surface area contributed by atoms with Gasteiger partial charge in [-0.2, -0.15) is 26.3 Å². The standard InChI is InChI=1S/C34H30N8O14S4/c35-30-27(39-38-26-10-7-24(17-28(26)59(49,50)51)57-56-55-15-13-41-11-1-3-21(19-41)33(43)44)18-29(60(52,53)54)31(36)32(30)40-37-23-5-8-25(9-6-23)58(47,48)16-14-42-12-2-4-22(20-42)34(45)46/h1-12,17-20H,13-16H2,(H6-2,35,36,37,38,43,44,45,46,49,50,51,52,53,54)/p+2. The first-order valence-electron chi connectivity index (χ1n) is 16.6. The van der Waals surface area contributed by atoms with E-state index in [9.17, 15) is 49.1 Å². The molecule has 26 heteroatoms. The van der Waals surface area contributed by atoms with Crippen LogP contribution in [0.15, 0.2) is 138 Å². The van der Waals surface area contributed by atoms with E-state index < -0.39 is 80.2 Å². The van der Waals surface area contributed by atoms with Crippen molar-refractivity contribution < 1.29 is 72.5 Å². The number of hydrogen-bond acceptors (Lipinski definition) is 17. The normalized spacial score (nSPS) is 12.3. The number of nitrogens with zero attached hydrogens (tertiary/aromatic N) is 6. The summed E-state index contributed by atoms with van der Waals surface area (Å²) < 4.78 is 103. The number of carboxylic acid groups (broad SMARTS) is 2. The van der Waals surface area contributed by atoms with Crippen LogP contribution >= 0.6 is 12.0 Å². The zero-order chi connectivity index (χ0) is 43.8. The van der Waals surface area contributed by atoms with Gasteiger partial charge in [-0.1, -0.05) is 0 Å². The summed E-state index contributed by atoms with van der Waals surface area (Å²) in [5.74, 6) is -2.66. The smallest absolute Gasteiger partial charge is 0.341 e. The maximum Gasteiger partial charge on any atom is 0.341 e. The number of aryl methyl sites for hydroxylation is 1. The lowest BCUT2D eigenvalue weighted by molar-refractivity contribution is -0.700. The molecule has 0 aliphatic heterocycles. The van der Waals surface area contributed by atoms with Crippen LogP contribution in [0.5, 0.6) is 0 Å². The van der Waals surface area contributed by atoms with E-state index >= 15 is 0 Å². The van der Waals surface area contributed by atoms with Gasteiger partial charge in [-0.05, 0) is 60.7 Å². The molecule has 0 spiro atoms. The molecule has 0 saturated heterocycles. The number of hydrogen-bond donors (Lipinski definition) is 6. The molecule has 3 aromatic carbocycles. The minimum absolute atomic E-state index is 0.0219. The summed E-state index contributed by atoms with van der Waals surface area (Å²) in [5.41, 5.74) is 9.72. The Morgan fingerprint density at radius 3 is 1.85 bits per heavy atom. The summed E-state index contributed by atoms with van der Waals surface area (Å²) in [6.07, 6.45) is 5.81. The Balaban J connectivity index is 1.33. The average Bonchev–Trinajstić information content (AvgIpc) is 3.19. The topological polar surface area (TPSA) is 345 Å². The Kier molecular flexibility index (Phi) is 14.0. The van der Waals surface area contributed by atoms with E-state index in [1.54, 1.807) is 10.8 Å². The van der Waals surface area contributed by atoms with Gasteiger partial charge in [0.1, 0.15) is 50.3 Å². The highest BCUT2D eigenvalue weighted by atomic mass is 32.2. The van der Waals surface area contributed by atoms with Gasteiger partial charge < -0.3 is 21.7 Å². The number of rotatable bonds is 18. The number of benzene rings is 3. The van der Waals surface area contributed by atoms with Gasteiger partial charge in [-0.15, -0.1) is 15.3 Å². The largest absolute Gasteiger partial charge is 0.477 e. The number of aromatic carboxylic acids is 2. The van der Waals surface area contributed by atoms with Gasteiger partial charge >= 0.3 is 11.9 Å². The first kappa shape index (κ1) is 44.8. The molecule has 0 unspecified atom stereocenters. The number of pyridine rings is 2. The lowest BCUT2D eigenvalue weighted by atomic mass is 10.2. The zero-order valence-corrected chi connectivity index (χ0v) is 33.7. The van der Waals surface area contributed by atoms with Crippen molar-refractivity contribution in [3.8, 4) is 0 Å². The highest BCUT2D eigenvalue weighted by Gasteiger charge is 2.24. The third-order valence-electron chi connectivity index (χ3n) is 7.97. The van der Waals surface area contributed by atoms with Crippen molar-refractivity contribution in [1.82, 2.24) is 0 Å². The first-order valence-corrected chi connectivity index (χ1v) is 21.9. The van der Waals surface area contributed by atoms with Crippen LogP contribution in [0.2, 0.25) is 0 Å². The third kappa shape index (κ3) is 11.7. The molecule has 0 fully saturated rings. The molecular formula is C34H32N8O14S4+2. The van der Waals surface area contributed by atoms with E-state index in [0.717, 1.165) is 18.2 Å². The quantitative estimate of drug-likeness (QED) is 0.0104. The second-order valence-corrected chi connectivity index (χ2v) is 17.8. The number of azo groups is 2. The van der Waals surface area contributed by atoms with Crippen molar-refractivity contribution in [3.05, 3.63) is 109 Å². The predicted octanol–water partition coefficient (Wildman–Crippen LogP) is 4.28. The van der Waals surface area contributed by atoms with Crippen molar-refractivity contribution in [2.24, 2.45) is 20.5 Å². The molecule has 0 aliphatic rings. The molecule has 22 nitrogen and oxygen atoms in total. The zero-order valence-electron chi connectivity index (χ0n) is 30.4. The van der Waals surface area contributed by atoms with Gasteiger partial charge in [-0.25, -0.2) is 32.0 Å². The van der Waals surface area contributed by atoms with Crippen LogP contribution in [-0.4, -0.2) is 68.9 Å². The Hall–Kier alpha value is -6.26. The van der Waals surface area contributed by atoms with Gasteiger partial charge in [0.2, 0.25) is 0 Å². The SMILES string of the molecule is Nc1c(N=Nc2ccc(SOOCC[n+]3cccc(C(=O)O)c3)cc2S(=O)(=O)O)cc(S(=O)(=O)O)c(N)c1N=Nc1ccc(S(=O)(=O)CC[n+]2cccc(C(=O)O)c2)cc1. The highest BCUT2D eigenvalue weighted by Crippen LogP contribution is 2.43. The van der Waals surface area contributed by atoms with Crippen LogP contribution in [0.1, 0.15) is 20.7 Å². The van der Waals surface area contributed by atoms with Gasteiger partial charge in [-0.3, -0.25) is 9.11 Å². The van der Waals surface area contributed by atoms with Gasteiger partial charge in [0.25, 0.3) is 20.2 Å². The van der Waals surface area contributed by atoms with Crippen LogP contribution in [0.4, 0.5) is 34.1 Å². The number of carboxylic acids is 2. The van der Waals surface area contributed by atoms with E-state index in [-0.39, 0.29) is 52.1 Å². The molecule has 2 heterocycles. The van der Waals surface area contributed by atoms with Crippen molar-refractivity contribution in [3.63, 3.8) is 0 Å². The molecule has 0 radical (unpaired) electrons. The molecule has 60 heavy (non-hydrogen) atoms. The van der Waals surface area contributed by atoms with E-state index in [2.05, 4.69) is 20.5 Å². The fraction of sp³-hybridized carbons (Fsp3) is 0.118. The van der Waals surface area contributed by atoms with Crippen LogP contribution in [0, 0.1) is 0 Å². The molecule has 5 aromatic rings. The van der Waals surface area contributed by atoms with Crippen LogP contribution in [-0.2, 0) is 52.4 Å². The van der Waals surface area contributed by atoms with E-state index in [1.165, 1.54) is 77.8 Å². The molecule has 0 atom stereocenters. The molecule has 2 aromatic heterocycles. The number of aromatic nitrogens is 2. The Bertz CT molecular complexity index is 2860. The fourth-order valence-corrected chi connectivity index (χ4v) is 8.08. The molecular weight excluding hydrogens is 873 g/mol. The minimum atomic E-state index is -5.06. The fourth-order valence-electron chi connectivity index (χ4n) is 5.00. The minimum Gasteiger partial charge on any atom is -0.477 e. The highest BCUT2D eigenvalue weighted by molar-refractivity contribution is 7.94. The molecule has 0 bridgehead atoms. The van der Waals surface area contributed by atoms with Crippen LogP contribution in [0.25, 0.3) is 0 Å². The molecule has 5 rings (SSSR count). The third-order valence-corrected chi connectivity index (χ3v) is 12.1. The Morgan fingerprint density at radius 1 is 0.683 bits per heavy atom. The summed E-state index contributed by atoms with van der Waals surface area (Å²) in [4.78, 5) is 25.8. The van der Waals surface area contributed by atoms with Crippen LogP contribution in [0.3, 0.4) is 0 Å². The number of carbonyl (C=O) groups is 2. The second kappa shape index (κ2) is 18.8. The summed E-state index contributed by atoms with van der Waals surface area (Å²) in [6.45, 7) is 0.111. The summed E-state index contributed by atoms with van der Waals surface area (Å²) in [6, 6.07) is 14.9. The summed E-state index contributed by atoms with van der Waals surface area (Å²) in [7, 11) is -13.9. The molecule has 0 saturated carbocycles. The summed E-state index contributed by atoms with van der Waals surface area (Å²) >= 11 is 0.564. The first-order chi connectivity index (χ1) is 28.2. The van der Waals surface area contributed by atoms with Crippen LogP contribution < -0.4 is 20.6 Å². The van der Waals surface area contributed by atoms with Crippen molar-refractivity contribution in [2.75, 3.05) is 23.8 Å². The van der Waals surface area contributed by atoms with E-state index in [1.807, 2.05) is 0 Å². The average molecular weight is 905 g/mol. The molecule has 0 aliphatic carbocycles. The molecule has 0 amide bonds. The van der Waals surface area contributed by atoms with Crippen molar-refractivity contribution >= 4 is 88.2 Å². The lowest BCUT2D eigenvalue weighted by Gasteiger charge is -2.11. The number of sulfone groups is 1. The van der Waals surface area contributed by atoms with Crippen molar-refractivity contribution in [2.45, 2.75) is 32.7 Å².